The molecule has 0 spiro atoms. The van der Waals surface area contributed by atoms with Gasteiger partial charge < -0.3 is 19.9 Å². The minimum absolute atomic E-state index is 0.229. The maximum atomic E-state index is 10.1. The van der Waals surface area contributed by atoms with Crippen LogP contribution in [0.3, 0.4) is 0 Å². The predicted octanol–water partition coefficient (Wildman–Crippen LogP) is 3.35. The lowest BCUT2D eigenvalue weighted by atomic mass is 9.94. The van der Waals surface area contributed by atoms with Gasteiger partial charge in [-0.05, 0) is 42.3 Å². The van der Waals surface area contributed by atoms with E-state index in [2.05, 4.69) is 16.8 Å². The molecule has 0 saturated heterocycles. The van der Waals surface area contributed by atoms with E-state index in [1.807, 2.05) is 17.4 Å². The molecule has 5 heteroatoms. The number of benzene rings is 1. The number of hydrogen-bond acceptors (Lipinski definition) is 5. The Morgan fingerprint density at radius 3 is 3.05 bits per heavy atom. The van der Waals surface area contributed by atoms with Crippen molar-refractivity contribution < 1.29 is 14.6 Å². The van der Waals surface area contributed by atoms with E-state index in [1.165, 1.54) is 23.3 Å². The van der Waals surface area contributed by atoms with Crippen molar-refractivity contribution in [1.29, 1.82) is 0 Å². The molecule has 2 heterocycles. The minimum atomic E-state index is 0.229. The maximum absolute atomic E-state index is 10.1. The highest BCUT2D eigenvalue weighted by molar-refractivity contribution is 7.10. The van der Waals surface area contributed by atoms with Crippen LogP contribution in [0.15, 0.2) is 23.6 Å². The molecule has 0 saturated carbocycles. The van der Waals surface area contributed by atoms with Crippen LogP contribution in [0.25, 0.3) is 0 Å². The number of fused-ring (bicyclic) bond motifs is 2. The summed E-state index contributed by atoms with van der Waals surface area (Å²) in [5, 5.41) is 15.8. The average molecular weight is 303 g/mol. The molecule has 1 aliphatic carbocycles. The number of phenolic OH excluding ortho intramolecular Hbond substituents is 1. The van der Waals surface area contributed by atoms with Gasteiger partial charge in [0.25, 0.3) is 0 Å². The molecule has 110 valence electrons. The number of nitrogens with one attached hydrogen (secondary N) is 1. The van der Waals surface area contributed by atoms with Crippen LogP contribution >= 0.6 is 11.3 Å². The molecule has 2 aliphatic rings. The van der Waals surface area contributed by atoms with Crippen LogP contribution in [0.1, 0.15) is 34.9 Å². The Hall–Kier alpha value is -1.72. The fourth-order valence-electron chi connectivity index (χ4n) is 3.05. The van der Waals surface area contributed by atoms with E-state index in [-0.39, 0.29) is 12.5 Å². The number of aryl methyl sites for hydroxylation is 1. The molecule has 4 nitrogen and oxygen atoms in total. The third-order valence-electron chi connectivity index (χ3n) is 4.16. The summed E-state index contributed by atoms with van der Waals surface area (Å²) in [4.78, 5) is 1.49. The van der Waals surface area contributed by atoms with Gasteiger partial charge in [0.05, 0.1) is 0 Å². The van der Waals surface area contributed by atoms with Crippen molar-refractivity contribution in [3.63, 3.8) is 0 Å². The molecule has 1 aromatic carbocycles. The van der Waals surface area contributed by atoms with Gasteiger partial charge in [-0.1, -0.05) is 0 Å². The van der Waals surface area contributed by atoms with E-state index in [1.54, 1.807) is 6.07 Å². The fourth-order valence-corrected chi connectivity index (χ4v) is 4.03. The molecular weight excluding hydrogens is 286 g/mol. The van der Waals surface area contributed by atoms with Crippen molar-refractivity contribution in [2.45, 2.75) is 31.8 Å². The molecule has 1 aliphatic heterocycles. The molecule has 21 heavy (non-hydrogen) atoms. The Kier molecular flexibility index (Phi) is 3.24. The SMILES string of the molecule is Oc1cc2c(cc1CNC1CCCc3sccc31)OCO2. The van der Waals surface area contributed by atoms with Gasteiger partial charge >= 0.3 is 0 Å². The van der Waals surface area contributed by atoms with E-state index < -0.39 is 0 Å². The molecule has 4 rings (SSSR count). The van der Waals surface area contributed by atoms with Crippen molar-refractivity contribution in [1.82, 2.24) is 5.32 Å². The molecule has 1 aromatic heterocycles. The number of thiophene rings is 1. The monoisotopic (exact) mass is 303 g/mol. The van der Waals surface area contributed by atoms with Crippen molar-refractivity contribution in [2.75, 3.05) is 6.79 Å². The molecule has 0 radical (unpaired) electrons. The third-order valence-corrected chi connectivity index (χ3v) is 5.16. The summed E-state index contributed by atoms with van der Waals surface area (Å²) in [5.41, 5.74) is 2.27. The number of ether oxygens (including phenoxy) is 2. The molecular formula is C16H17NO3S. The molecule has 1 atom stereocenters. The summed E-state index contributed by atoms with van der Waals surface area (Å²) in [7, 11) is 0. The summed E-state index contributed by atoms with van der Waals surface area (Å²) < 4.78 is 10.6. The van der Waals surface area contributed by atoms with Crippen LogP contribution in [0.2, 0.25) is 0 Å². The van der Waals surface area contributed by atoms with Gasteiger partial charge in [0.15, 0.2) is 11.5 Å². The average Bonchev–Trinajstić information content (AvgIpc) is 3.12. The van der Waals surface area contributed by atoms with Gasteiger partial charge in [-0.25, -0.2) is 0 Å². The van der Waals surface area contributed by atoms with Crippen molar-refractivity contribution >= 4 is 11.3 Å². The summed E-state index contributed by atoms with van der Waals surface area (Å²) in [5.74, 6) is 1.59. The summed E-state index contributed by atoms with van der Waals surface area (Å²) >= 11 is 1.84. The fraction of sp³-hybridized carbons (Fsp3) is 0.375. The number of aromatic hydroxyl groups is 1. The van der Waals surface area contributed by atoms with Crippen molar-refractivity contribution in [3.8, 4) is 17.2 Å². The zero-order valence-corrected chi connectivity index (χ0v) is 12.4. The Balaban J connectivity index is 1.51. The third kappa shape index (κ3) is 2.36. The highest BCUT2D eigenvalue weighted by atomic mass is 32.1. The van der Waals surface area contributed by atoms with Crippen molar-refractivity contribution in [2.24, 2.45) is 0 Å². The quantitative estimate of drug-likeness (QED) is 0.913. The van der Waals surface area contributed by atoms with E-state index >= 15 is 0 Å². The second kappa shape index (κ2) is 5.24. The van der Waals surface area contributed by atoms with E-state index in [0.717, 1.165) is 12.0 Å². The van der Waals surface area contributed by atoms with Crippen LogP contribution in [-0.4, -0.2) is 11.9 Å². The van der Waals surface area contributed by atoms with Crippen molar-refractivity contribution in [3.05, 3.63) is 39.6 Å². The van der Waals surface area contributed by atoms with E-state index in [9.17, 15) is 5.11 Å². The van der Waals surface area contributed by atoms with Gasteiger partial charge in [-0.15, -0.1) is 11.3 Å². The minimum Gasteiger partial charge on any atom is -0.507 e. The molecule has 0 bridgehead atoms. The van der Waals surface area contributed by atoms with Crippen LogP contribution < -0.4 is 14.8 Å². The van der Waals surface area contributed by atoms with Gasteiger partial charge in [0, 0.05) is 29.1 Å². The zero-order chi connectivity index (χ0) is 14.2. The predicted molar refractivity (Wildman–Crippen MR) is 81.1 cm³/mol. The van der Waals surface area contributed by atoms with Gasteiger partial charge in [-0.3, -0.25) is 0 Å². The molecule has 0 fully saturated rings. The number of hydrogen-bond donors (Lipinski definition) is 2. The first-order chi connectivity index (χ1) is 10.3. The normalized spacial score (nSPS) is 19.5. The Morgan fingerprint density at radius 1 is 1.29 bits per heavy atom. The summed E-state index contributed by atoms with van der Waals surface area (Å²) in [6, 6.07) is 6.10. The Bertz CT molecular complexity index is 668. The lowest BCUT2D eigenvalue weighted by molar-refractivity contribution is 0.174. The van der Waals surface area contributed by atoms with Crippen LogP contribution in [0, 0.1) is 0 Å². The molecule has 2 aromatic rings. The van der Waals surface area contributed by atoms with Crippen LogP contribution in [0.4, 0.5) is 0 Å². The van der Waals surface area contributed by atoms with Gasteiger partial charge in [-0.2, -0.15) is 0 Å². The topological polar surface area (TPSA) is 50.7 Å². The van der Waals surface area contributed by atoms with E-state index in [4.69, 9.17) is 9.47 Å². The number of rotatable bonds is 3. The highest BCUT2D eigenvalue weighted by Gasteiger charge is 2.22. The zero-order valence-electron chi connectivity index (χ0n) is 11.6. The number of phenols is 1. The second-order valence-corrected chi connectivity index (χ2v) is 6.46. The van der Waals surface area contributed by atoms with Gasteiger partial charge in [0.1, 0.15) is 5.75 Å². The molecule has 1 unspecified atom stereocenters. The molecule has 2 N–H and O–H groups in total. The second-order valence-electron chi connectivity index (χ2n) is 5.46. The lowest BCUT2D eigenvalue weighted by Gasteiger charge is -2.24. The first-order valence-corrected chi connectivity index (χ1v) is 8.10. The summed E-state index contributed by atoms with van der Waals surface area (Å²) in [6.07, 6.45) is 3.56. The molecule has 0 amide bonds. The lowest BCUT2D eigenvalue weighted by Crippen LogP contribution is -2.23. The van der Waals surface area contributed by atoms with E-state index in [0.29, 0.717) is 24.1 Å². The Labute approximate surface area is 127 Å². The Morgan fingerprint density at radius 2 is 2.14 bits per heavy atom. The maximum Gasteiger partial charge on any atom is 0.231 e. The summed E-state index contributed by atoms with van der Waals surface area (Å²) in [6.45, 7) is 0.856. The first-order valence-electron chi connectivity index (χ1n) is 7.22. The van der Waals surface area contributed by atoms with Crippen LogP contribution in [0.5, 0.6) is 17.2 Å². The smallest absolute Gasteiger partial charge is 0.231 e. The highest BCUT2D eigenvalue weighted by Crippen LogP contribution is 2.38. The standard InChI is InChI=1S/C16H17NO3S/c18-13-7-15-14(19-9-20-15)6-10(13)8-17-12-2-1-3-16-11(12)4-5-21-16/h4-7,12,17-18H,1-3,8-9H2. The largest absolute Gasteiger partial charge is 0.507 e. The van der Waals surface area contributed by atoms with Gasteiger partial charge in [0.2, 0.25) is 6.79 Å². The first kappa shape index (κ1) is 13.0. The van der Waals surface area contributed by atoms with Crippen LogP contribution in [-0.2, 0) is 13.0 Å².